The summed E-state index contributed by atoms with van der Waals surface area (Å²) >= 11 is 0. The molecule has 0 amide bonds. The van der Waals surface area contributed by atoms with Gasteiger partial charge in [-0.15, -0.1) is 0 Å². The van der Waals surface area contributed by atoms with Gasteiger partial charge in [0.25, 0.3) is 0 Å². The molecule has 0 saturated carbocycles. The fraction of sp³-hybridized carbons (Fsp3) is 0.0789. The van der Waals surface area contributed by atoms with Gasteiger partial charge in [-0.3, -0.25) is 0 Å². The van der Waals surface area contributed by atoms with Gasteiger partial charge in [0.1, 0.15) is 0 Å². The van der Waals surface area contributed by atoms with E-state index >= 15 is 0 Å². The molecular weight excluding hydrogens is 969 g/mol. The Morgan fingerprint density at radius 1 is 0.237 bits per heavy atom. The molecule has 0 atom stereocenters. The Kier molecular flexibility index (Phi) is 14.6. The number of aryl methyl sites for hydroxylation is 4. The van der Waals surface area contributed by atoms with Crippen LogP contribution in [0.5, 0.6) is 0 Å². The Hall–Kier alpha value is -9.90. The minimum absolute atomic E-state index is 0.970. The van der Waals surface area contributed by atoms with Crippen LogP contribution in [0.2, 0.25) is 0 Å². The number of benzene rings is 11. The van der Waals surface area contributed by atoms with Crippen molar-refractivity contribution in [2.45, 2.75) is 40.5 Å². The molecule has 388 valence electrons. The molecule has 0 unspecified atom stereocenters. The first kappa shape index (κ1) is 50.9. The van der Waals surface area contributed by atoms with Crippen LogP contribution in [0.4, 0.5) is 62.6 Å². The van der Waals surface area contributed by atoms with E-state index in [1.54, 1.807) is 0 Å². The number of hydrogen-bond acceptors (Lipinski definition) is 4. The molecule has 0 heterocycles. The molecule has 0 radical (unpaired) electrons. The second-order valence-electron chi connectivity index (χ2n) is 20.9. The van der Waals surface area contributed by atoms with E-state index < -0.39 is 0 Å². The monoisotopic (exact) mass is 1030 g/mol. The highest BCUT2D eigenvalue weighted by Crippen LogP contribution is 2.42. The zero-order valence-electron chi connectivity index (χ0n) is 45.9. The highest BCUT2D eigenvalue weighted by molar-refractivity contribution is 5.84. The van der Waals surface area contributed by atoms with Crippen LogP contribution in [0.15, 0.2) is 297 Å². The van der Waals surface area contributed by atoms with Crippen molar-refractivity contribution in [2.75, 3.05) is 19.6 Å². The molecule has 11 aromatic carbocycles. The van der Waals surface area contributed by atoms with Gasteiger partial charge in [0.2, 0.25) is 0 Å². The topological polar surface area (TPSA) is 13.0 Å². The summed E-state index contributed by atoms with van der Waals surface area (Å²) < 4.78 is 0. The van der Waals surface area contributed by atoms with Crippen molar-refractivity contribution >= 4 is 62.6 Å². The van der Waals surface area contributed by atoms with Crippen molar-refractivity contribution in [1.82, 2.24) is 0 Å². The third-order valence-electron chi connectivity index (χ3n) is 15.1. The molecule has 0 bridgehead atoms. The van der Waals surface area contributed by atoms with Crippen molar-refractivity contribution < 1.29 is 0 Å². The Bertz CT molecular complexity index is 3860. The third kappa shape index (κ3) is 11.1. The average molecular weight is 1030 g/mol. The summed E-state index contributed by atoms with van der Waals surface area (Å²) in [5.74, 6) is 0. The Balaban J connectivity index is 0.772. The van der Waals surface area contributed by atoms with Gasteiger partial charge in [0.05, 0.1) is 0 Å². The lowest BCUT2D eigenvalue weighted by Gasteiger charge is -2.29. The van der Waals surface area contributed by atoms with Crippen LogP contribution in [0.3, 0.4) is 0 Å². The molecule has 0 fully saturated rings. The molecule has 0 saturated heterocycles. The Labute approximate surface area is 472 Å². The van der Waals surface area contributed by atoms with Crippen LogP contribution >= 0.6 is 0 Å². The number of anilines is 11. The van der Waals surface area contributed by atoms with Crippen molar-refractivity contribution in [1.29, 1.82) is 0 Å². The number of para-hydroxylation sites is 1. The minimum Gasteiger partial charge on any atom is -0.314 e. The highest BCUT2D eigenvalue weighted by atomic mass is 15.2. The maximum Gasteiger partial charge on any atom is 0.0464 e. The van der Waals surface area contributed by atoms with Gasteiger partial charge in [0, 0.05) is 68.3 Å². The fourth-order valence-electron chi connectivity index (χ4n) is 11.1. The summed E-state index contributed by atoms with van der Waals surface area (Å²) in [6.07, 6.45) is 8.68. The third-order valence-corrected chi connectivity index (χ3v) is 15.1. The molecule has 1 aliphatic rings. The fourth-order valence-corrected chi connectivity index (χ4v) is 11.1. The van der Waals surface area contributed by atoms with E-state index in [4.69, 9.17) is 0 Å². The quantitative estimate of drug-likeness (QED) is 0.101. The molecule has 4 heteroatoms. The molecule has 80 heavy (non-hydrogen) atoms. The highest BCUT2D eigenvalue weighted by Gasteiger charge is 2.19. The van der Waals surface area contributed by atoms with Crippen LogP contribution in [-0.2, 0) is 0 Å². The van der Waals surface area contributed by atoms with E-state index in [2.05, 4.69) is 339 Å². The molecule has 4 nitrogen and oxygen atoms in total. The first-order valence-corrected chi connectivity index (χ1v) is 27.8. The number of nitrogens with zero attached hydrogens (tertiary/aromatic N) is 4. The molecule has 1 aliphatic carbocycles. The molecule has 0 spiro atoms. The van der Waals surface area contributed by atoms with Crippen LogP contribution in [0.1, 0.15) is 35.1 Å². The molecule has 12 rings (SSSR count). The minimum atomic E-state index is 0.970. The van der Waals surface area contributed by atoms with Gasteiger partial charge in [-0.1, -0.05) is 152 Å². The van der Waals surface area contributed by atoms with E-state index in [-0.39, 0.29) is 0 Å². The first-order valence-electron chi connectivity index (χ1n) is 27.8. The van der Waals surface area contributed by atoms with E-state index in [0.29, 0.717) is 0 Å². The van der Waals surface area contributed by atoms with Crippen molar-refractivity contribution in [3.63, 3.8) is 0 Å². The standard InChI is InChI=1S/C76H64N4/c1-55-15-11-23-73(51-55)79(74-24-12-16-56(2)52-74)71-47-35-63(36-48-71)61-31-43-69(44-32-61)77(65-19-7-5-8-20-65)67-39-27-59(28-40-67)60-29-41-68(42-30-60)78(66-21-9-6-10-22-66)70-45-33-62(34-46-70)64-37-49-72(50-38-64)80(75-25-13-17-57(3)53-75)76-26-14-18-58(4)54-76/h5-9,11-21,23-54H,10,22H2,1-4H3. The summed E-state index contributed by atoms with van der Waals surface area (Å²) in [5.41, 5.74) is 25.6. The smallest absolute Gasteiger partial charge is 0.0464 e. The van der Waals surface area contributed by atoms with Crippen LogP contribution < -0.4 is 19.6 Å². The summed E-state index contributed by atoms with van der Waals surface area (Å²) in [6.45, 7) is 8.60. The van der Waals surface area contributed by atoms with Crippen LogP contribution in [0, 0.1) is 27.7 Å². The van der Waals surface area contributed by atoms with Gasteiger partial charge in [-0.25, -0.2) is 0 Å². The van der Waals surface area contributed by atoms with Crippen molar-refractivity contribution in [3.8, 4) is 33.4 Å². The van der Waals surface area contributed by atoms with E-state index in [9.17, 15) is 0 Å². The molecule has 0 aliphatic heterocycles. The summed E-state index contributed by atoms with van der Waals surface area (Å²) in [5, 5.41) is 0. The van der Waals surface area contributed by atoms with Gasteiger partial charge in [0.15, 0.2) is 0 Å². The Morgan fingerprint density at radius 3 is 0.750 bits per heavy atom. The largest absolute Gasteiger partial charge is 0.314 e. The zero-order valence-corrected chi connectivity index (χ0v) is 45.9. The maximum absolute atomic E-state index is 2.41. The molecule has 0 N–H and O–H groups in total. The second kappa shape index (κ2) is 23.0. The van der Waals surface area contributed by atoms with Gasteiger partial charge in [-0.05, 0) is 236 Å². The maximum atomic E-state index is 2.41. The van der Waals surface area contributed by atoms with E-state index in [0.717, 1.165) is 81.0 Å². The summed E-state index contributed by atoms with van der Waals surface area (Å²) in [6, 6.07) is 99.3. The zero-order chi connectivity index (χ0) is 54.4. The van der Waals surface area contributed by atoms with Crippen molar-refractivity contribution in [2.24, 2.45) is 0 Å². The number of hydrogen-bond donors (Lipinski definition) is 0. The first-order chi connectivity index (χ1) is 39.3. The van der Waals surface area contributed by atoms with Crippen LogP contribution in [0.25, 0.3) is 33.4 Å². The predicted octanol–water partition coefficient (Wildman–Crippen LogP) is 21.7. The normalized spacial score (nSPS) is 11.9. The molecule has 0 aromatic heterocycles. The second-order valence-corrected chi connectivity index (χ2v) is 20.9. The van der Waals surface area contributed by atoms with Gasteiger partial charge in [-0.2, -0.15) is 0 Å². The number of allylic oxidation sites excluding steroid dienone is 4. The summed E-state index contributed by atoms with van der Waals surface area (Å²) in [4.78, 5) is 9.42. The van der Waals surface area contributed by atoms with Gasteiger partial charge >= 0.3 is 0 Å². The lowest BCUT2D eigenvalue weighted by atomic mass is 10.0. The Morgan fingerprint density at radius 2 is 0.487 bits per heavy atom. The lowest BCUT2D eigenvalue weighted by molar-refractivity contribution is 0.918. The van der Waals surface area contributed by atoms with Gasteiger partial charge < -0.3 is 19.6 Å². The SMILES string of the molecule is Cc1cccc(N(c2ccc(-c3ccc(N(C4=CC=CCC4)c4ccc(-c5ccc(N(c6ccccc6)c6ccc(-c7ccc(N(c8cccc(C)c8)c8cccc(C)c8)cc7)cc6)cc5)cc4)cc3)cc2)c2cccc(C)c2)c1. The lowest BCUT2D eigenvalue weighted by Crippen LogP contribution is -2.17. The number of rotatable bonds is 15. The summed E-state index contributed by atoms with van der Waals surface area (Å²) in [7, 11) is 0. The van der Waals surface area contributed by atoms with Crippen molar-refractivity contribution in [3.05, 3.63) is 319 Å². The van der Waals surface area contributed by atoms with Crippen LogP contribution in [-0.4, -0.2) is 0 Å². The molecular formula is C76H64N4. The predicted molar refractivity (Wildman–Crippen MR) is 341 cm³/mol. The van der Waals surface area contributed by atoms with E-state index in [1.807, 2.05) is 0 Å². The molecule has 11 aromatic rings. The average Bonchev–Trinajstić information content (AvgIpc) is 3.50. The van der Waals surface area contributed by atoms with E-state index in [1.165, 1.54) is 55.8 Å².